The Morgan fingerprint density at radius 1 is 0.950 bits per heavy atom. The van der Waals surface area contributed by atoms with Crippen LogP contribution in [0.15, 0.2) is 42.5 Å². The Morgan fingerprint density at radius 2 is 1.70 bits per heavy atom. The third-order valence-electron chi connectivity index (χ3n) is 4.39. The van der Waals surface area contributed by atoms with Crippen LogP contribution in [-0.2, 0) is 6.54 Å². The van der Waals surface area contributed by atoms with Gasteiger partial charge in [-0.15, -0.1) is 0 Å². The van der Waals surface area contributed by atoms with E-state index < -0.39 is 0 Å². The van der Waals surface area contributed by atoms with Crippen molar-refractivity contribution >= 4 is 10.8 Å². The lowest BCUT2D eigenvalue weighted by Gasteiger charge is -2.25. The van der Waals surface area contributed by atoms with E-state index in [1.54, 1.807) is 0 Å². The zero-order valence-electron chi connectivity index (χ0n) is 11.9. The summed E-state index contributed by atoms with van der Waals surface area (Å²) in [4.78, 5) is 0. The van der Waals surface area contributed by atoms with E-state index in [0.29, 0.717) is 0 Å². The molecule has 0 spiro atoms. The van der Waals surface area contributed by atoms with Crippen LogP contribution >= 0.6 is 0 Å². The summed E-state index contributed by atoms with van der Waals surface area (Å²) in [5.41, 5.74) is 1.35. The van der Waals surface area contributed by atoms with E-state index in [1.165, 1.54) is 16.3 Å². The minimum atomic E-state index is -0.0493. The lowest BCUT2D eigenvalue weighted by molar-refractivity contribution is 0.108. The molecule has 106 valence electrons. The molecule has 1 aliphatic rings. The first-order valence-corrected chi connectivity index (χ1v) is 7.68. The predicted octanol–water partition coefficient (Wildman–Crippen LogP) is 3.48. The van der Waals surface area contributed by atoms with Crippen molar-refractivity contribution < 1.29 is 5.11 Å². The van der Waals surface area contributed by atoms with E-state index in [-0.39, 0.29) is 6.10 Å². The number of rotatable bonds is 4. The fourth-order valence-electron chi connectivity index (χ4n) is 3.12. The van der Waals surface area contributed by atoms with E-state index >= 15 is 0 Å². The summed E-state index contributed by atoms with van der Waals surface area (Å²) in [7, 11) is 0. The average molecular weight is 269 g/mol. The summed E-state index contributed by atoms with van der Waals surface area (Å²) in [5.74, 6) is 0.735. The van der Waals surface area contributed by atoms with E-state index in [0.717, 1.165) is 44.7 Å². The molecule has 2 aromatic carbocycles. The first-order chi connectivity index (χ1) is 9.81. The number of hydrogen-bond donors (Lipinski definition) is 2. The normalized spacial score (nSPS) is 23.1. The summed E-state index contributed by atoms with van der Waals surface area (Å²) in [6.45, 7) is 2.00. The average Bonchev–Trinajstić information content (AvgIpc) is 2.49. The molecule has 0 unspecified atom stereocenters. The maximum absolute atomic E-state index is 9.51. The zero-order valence-corrected chi connectivity index (χ0v) is 11.9. The van der Waals surface area contributed by atoms with Gasteiger partial charge in [-0.25, -0.2) is 0 Å². The Morgan fingerprint density at radius 3 is 2.50 bits per heavy atom. The first kappa shape index (κ1) is 13.6. The van der Waals surface area contributed by atoms with Crippen molar-refractivity contribution in [1.29, 1.82) is 0 Å². The SMILES string of the molecule is OC1CCC(CNCc2ccc3ccccc3c2)CC1. The van der Waals surface area contributed by atoms with Crippen LogP contribution < -0.4 is 5.32 Å². The molecule has 2 N–H and O–H groups in total. The second kappa shape index (κ2) is 6.38. The molecule has 20 heavy (non-hydrogen) atoms. The Kier molecular flexibility index (Phi) is 4.34. The minimum absolute atomic E-state index is 0.0493. The molecule has 1 fully saturated rings. The first-order valence-electron chi connectivity index (χ1n) is 7.68. The van der Waals surface area contributed by atoms with Crippen molar-refractivity contribution in [2.75, 3.05) is 6.54 Å². The van der Waals surface area contributed by atoms with Gasteiger partial charge < -0.3 is 10.4 Å². The van der Waals surface area contributed by atoms with E-state index in [9.17, 15) is 5.11 Å². The van der Waals surface area contributed by atoms with Gasteiger partial charge in [-0.2, -0.15) is 0 Å². The van der Waals surface area contributed by atoms with Crippen LogP contribution in [0.25, 0.3) is 10.8 Å². The van der Waals surface area contributed by atoms with Crippen LogP contribution in [0.2, 0.25) is 0 Å². The van der Waals surface area contributed by atoms with Gasteiger partial charge in [0.05, 0.1) is 6.10 Å². The van der Waals surface area contributed by atoms with Gasteiger partial charge in [0.15, 0.2) is 0 Å². The van der Waals surface area contributed by atoms with Crippen LogP contribution in [0, 0.1) is 5.92 Å². The Labute approximate surface area is 120 Å². The molecule has 0 bridgehead atoms. The lowest BCUT2D eigenvalue weighted by atomic mass is 9.87. The van der Waals surface area contributed by atoms with Crippen molar-refractivity contribution in [3.8, 4) is 0 Å². The number of benzene rings is 2. The Balaban J connectivity index is 1.52. The fraction of sp³-hybridized carbons (Fsp3) is 0.444. The van der Waals surface area contributed by atoms with E-state index in [4.69, 9.17) is 0 Å². The molecule has 0 aromatic heterocycles. The number of nitrogens with one attached hydrogen (secondary N) is 1. The maximum Gasteiger partial charge on any atom is 0.0540 e. The lowest BCUT2D eigenvalue weighted by Crippen LogP contribution is -2.27. The van der Waals surface area contributed by atoms with Gasteiger partial charge in [-0.3, -0.25) is 0 Å². The quantitative estimate of drug-likeness (QED) is 0.890. The van der Waals surface area contributed by atoms with Crippen molar-refractivity contribution in [3.05, 3.63) is 48.0 Å². The van der Waals surface area contributed by atoms with Gasteiger partial charge in [0.2, 0.25) is 0 Å². The molecule has 0 atom stereocenters. The number of aliphatic hydroxyl groups excluding tert-OH is 1. The van der Waals surface area contributed by atoms with Crippen LogP contribution in [0.5, 0.6) is 0 Å². The summed E-state index contributed by atoms with van der Waals surface area (Å²) in [6, 6.07) is 15.2. The molecule has 1 aliphatic carbocycles. The number of fused-ring (bicyclic) bond motifs is 1. The van der Waals surface area contributed by atoms with Gasteiger partial charge in [-0.05, 0) is 60.5 Å². The van der Waals surface area contributed by atoms with Crippen LogP contribution in [-0.4, -0.2) is 17.8 Å². The van der Waals surface area contributed by atoms with Crippen LogP contribution in [0.4, 0.5) is 0 Å². The summed E-state index contributed by atoms with van der Waals surface area (Å²) in [5, 5.41) is 15.7. The van der Waals surface area contributed by atoms with Crippen molar-refractivity contribution in [3.63, 3.8) is 0 Å². The van der Waals surface area contributed by atoms with Gasteiger partial charge in [-0.1, -0.05) is 36.4 Å². The highest BCUT2D eigenvalue weighted by molar-refractivity contribution is 5.82. The molecular formula is C18H23NO. The summed E-state index contributed by atoms with van der Waals surface area (Å²) >= 11 is 0. The van der Waals surface area contributed by atoms with Gasteiger partial charge >= 0.3 is 0 Å². The molecule has 3 rings (SSSR count). The minimum Gasteiger partial charge on any atom is -0.393 e. The monoisotopic (exact) mass is 269 g/mol. The summed E-state index contributed by atoms with van der Waals surface area (Å²) in [6.07, 6.45) is 4.22. The van der Waals surface area contributed by atoms with E-state index in [2.05, 4.69) is 47.8 Å². The van der Waals surface area contributed by atoms with Crippen molar-refractivity contribution in [1.82, 2.24) is 5.32 Å². The smallest absolute Gasteiger partial charge is 0.0540 e. The molecule has 0 aliphatic heterocycles. The maximum atomic E-state index is 9.51. The third kappa shape index (κ3) is 3.38. The van der Waals surface area contributed by atoms with Gasteiger partial charge in [0, 0.05) is 6.54 Å². The standard InChI is InChI=1S/C18H23NO/c20-18-9-6-14(7-10-18)12-19-13-15-5-8-16-3-1-2-4-17(16)11-15/h1-5,8,11,14,18-20H,6-7,9-10,12-13H2. The molecule has 0 saturated heterocycles. The third-order valence-corrected chi connectivity index (χ3v) is 4.39. The second-order valence-corrected chi connectivity index (χ2v) is 5.99. The molecule has 0 amide bonds. The molecule has 1 saturated carbocycles. The largest absolute Gasteiger partial charge is 0.393 e. The van der Waals surface area contributed by atoms with E-state index in [1.807, 2.05) is 0 Å². The predicted molar refractivity (Wildman–Crippen MR) is 83.6 cm³/mol. The van der Waals surface area contributed by atoms with Gasteiger partial charge in [0.25, 0.3) is 0 Å². The molecule has 0 heterocycles. The fourth-order valence-corrected chi connectivity index (χ4v) is 3.12. The molecule has 0 radical (unpaired) electrons. The number of hydrogen-bond acceptors (Lipinski definition) is 2. The molecule has 2 nitrogen and oxygen atoms in total. The zero-order chi connectivity index (χ0) is 13.8. The highest BCUT2D eigenvalue weighted by atomic mass is 16.3. The molecule has 2 heteroatoms. The molecular weight excluding hydrogens is 246 g/mol. The van der Waals surface area contributed by atoms with Crippen molar-refractivity contribution in [2.45, 2.75) is 38.3 Å². The van der Waals surface area contributed by atoms with Crippen molar-refractivity contribution in [2.24, 2.45) is 5.92 Å². The van der Waals surface area contributed by atoms with Gasteiger partial charge in [0.1, 0.15) is 0 Å². The highest BCUT2D eigenvalue weighted by Crippen LogP contribution is 2.23. The number of aliphatic hydroxyl groups is 1. The summed E-state index contributed by atoms with van der Waals surface area (Å²) < 4.78 is 0. The second-order valence-electron chi connectivity index (χ2n) is 5.99. The Hall–Kier alpha value is -1.38. The highest BCUT2D eigenvalue weighted by Gasteiger charge is 2.18. The molecule has 2 aromatic rings. The topological polar surface area (TPSA) is 32.3 Å². The van der Waals surface area contributed by atoms with Crippen LogP contribution in [0.1, 0.15) is 31.2 Å². The van der Waals surface area contributed by atoms with Crippen LogP contribution in [0.3, 0.4) is 0 Å². The Bertz CT molecular complexity index is 558.